The van der Waals surface area contributed by atoms with E-state index in [9.17, 15) is 18.0 Å². The summed E-state index contributed by atoms with van der Waals surface area (Å²) in [6, 6.07) is 9.47. The van der Waals surface area contributed by atoms with Gasteiger partial charge in [-0.25, -0.2) is 0 Å². The van der Waals surface area contributed by atoms with Gasteiger partial charge in [-0.15, -0.1) is 12.8 Å². The van der Waals surface area contributed by atoms with Crippen molar-refractivity contribution in [3.63, 3.8) is 0 Å². The number of hydrogen-bond donors (Lipinski definition) is 1. The molecule has 0 saturated heterocycles. The molecule has 0 aromatic heterocycles. The summed E-state index contributed by atoms with van der Waals surface area (Å²) in [5.41, 5.74) is 0.314. The van der Waals surface area contributed by atoms with Crippen LogP contribution >= 0.6 is 0 Å². The van der Waals surface area contributed by atoms with Gasteiger partial charge in [0.15, 0.2) is 17.6 Å². The van der Waals surface area contributed by atoms with Crippen LogP contribution in [0.2, 0.25) is 0 Å². The van der Waals surface area contributed by atoms with Crippen molar-refractivity contribution in [3.8, 4) is 36.2 Å². The second-order valence-corrected chi connectivity index (χ2v) is 6.53. The van der Waals surface area contributed by atoms with E-state index >= 15 is 0 Å². The van der Waals surface area contributed by atoms with Gasteiger partial charge >= 0.3 is 6.18 Å². The molecule has 0 spiro atoms. The van der Waals surface area contributed by atoms with Gasteiger partial charge < -0.3 is 19.5 Å². The number of benzene rings is 2. The van der Waals surface area contributed by atoms with Gasteiger partial charge in [0.25, 0.3) is 5.91 Å². The first-order valence-electron chi connectivity index (χ1n) is 9.53. The lowest BCUT2D eigenvalue weighted by atomic mass is 10.1. The van der Waals surface area contributed by atoms with E-state index in [0.717, 1.165) is 17.7 Å². The van der Waals surface area contributed by atoms with Crippen molar-refractivity contribution >= 4 is 5.91 Å². The molecule has 0 aliphatic rings. The summed E-state index contributed by atoms with van der Waals surface area (Å²) >= 11 is 0. The van der Waals surface area contributed by atoms with Gasteiger partial charge in [0.2, 0.25) is 0 Å². The van der Waals surface area contributed by atoms with Crippen LogP contribution in [0.1, 0.15) is 22.8 Å². The Labute approximate surface area is 184 Å². The van der Waals surface area contributed by atoms with Gasteiger partial charge in [0.1, 0.15) is 13.2 Å². The number of carbonyl (C=O) groups is 1. The fourth-order valence-electron chi connectivity index (χ4n) is 2.83. The quantitative estimate of drug-likeness (QED) is 0.566. The van der Waals surface area contributed by atoms with E-state index in [4.69, 9.17) is 27.1 Å². The van der Waals surface area contributed by atoms with Crippen molar-refractivity contribution in [2.45, 2.75) is 18.7 Å². The number of hydrogen-bond acceptors (Lipinski definition) is 4. The smallest absolute Gasteiger partial charge is 0.416 e. The average Bonchev–Trinajstić information content (AvgIpc) is 2.78. The molecule has 1 amide bonds. The van der Waals surface area contributed by atoms with Crippen molar-refractivity contribution in [3.05, 3.63) is 59.2 Å². The Hall–Kier alpha value is -3.62. The molecule has 0 fully saturated rings. The Morgan fingerprint density at radius 2 is 1.75 bits per heavy atom. The zero-order valence-electron chi connectivity index (χ0n) is 17.4. The molecular weight excluding hydrogens is 423 g/mol. The largest absolute Gasteiger partial charge is 0.493 e. The van der Waals surface area contributed by atoms with Crippen molar-refractivity contribution < 1.29 is 32.2 Å². The van der Waals surface area contributed by atoms with Crippen LogP contribution in [-0.2, 0) is 22.1 Å². The Kier molecular flexibility index (Phi) is 9.00. The standard InChI is InChI=1S/C24H22F3NO4/c1-4-14-31-20-11-6-17(16-21(20)30-3)12-13-28-23(29)22(32-15-5-2)18-7-9-19(10-8-18)24(25,26)27/h1-2,6-11,16,22H,12-15H2,3H3,(H,28,29)/t22-/m0/s1. The topological polar surface area (TPSA) is 56.8 Å². The summed E-state index contributed by atoms with van der Waals surface area (Å²) in [6.07, 6.45) is 5.24. The third kappa shape index (κ3) is 6.97. The highest BCUT2D eigenvalue weighted by Gasteiger charge is 2.31. The zero-order valence-corrected chi connectivity index (χ0v) is 17.4. The molecule has 1 N–H and O–H groups in total. The van der Waals surface area contributed by atoms with Crippen LogP contribution in [0.25, 0.3) is 0 Å². The van der Waals surface area contributed by atoms with Gasteiger partial charge in [-0.3, -0.25) is 4.79 Å². The molecule has 5 nitrogen and oxygen atoms in total. The fraction of sp³-hybridized carbons (Fsp3) is 0.292. The average molecular weight is 445 g/mol. The minimum Gasteiger partial charge on any atom is -0.493 e. The number of nitrogens with one attached hydrogen (secondary N) is 1. The van der Waals surface area contributed by atoms with Gasteiger partial charge in [-0.05, 0) is 41.8 Å². The second-order valence-electron chi connectivity index (χ2n) is 6.53. The number of carbonyl (C=O) groups excluding carboxylic acids is 1. The molecule has 0 aliphatic carbocycles. The predicted octanol–water partition coefficient (Wildman–Crippen LogP) is 3.78. The predicted molar refractivity (Wildman–Crippen MR) is 113 cm³/mol. The summed E-state index contributed by atoms with van der Waals surface area (Å²) in [6.45, 7) is 0.188. The molecule has 0 heterocycles. The number of amides is 1. The molecular formula is C24H22F3NO4. The summed E-state index contributed by atoms with van der Waals surface area (Å²) in [4.78, 5) is 12.6. The van der Waals surface area contributed by atoms with E-state index in [1.54, 1.807) is 12.1 Å². The molecule has 2 aromatic carbocycles. The fourth-order valence-corrected chi connectivity index (χ4v) is 2.83. The number of halogens is 3. The summed E-state index contributed by atoms with van der Waals surface area (Å²) < 4.78 is 54.4. The normalized spacial score (nSPS) is 11.7. The first-order valence-corrected chi connectivity index (χ1v) is 9.53. The maximum atomic E-state index is 12.8. The van der Waals surface area contributed by atoms with E-state index < -0.39 is 23.8 Å². The summed E-state index contributed by atoms with van der Waals surface area (Å²) in [5.74, 6) is 5.12. The second kappa shape index (κ2) is 11.7. The molecule has 1 atom stereocenters. The molecule has 0 saturated carbocycles. The summed E-state index contributed by atoms with van der Waals surface area (Å²) in [7, 11) is 1.50. The third-order valence-corrected chi connectivity index (χ3v) is 4.36. The van der Waals surface area contributed by atoms with Gasteiger partial charge in [-0.1, -0.05) is 30.0 Å². The van der Waals surface area contributed by atoms with Crippen LogP contribution in [-0.4, -0.2) is 32.8 Å². The minimum absolute atomic E-state index is 0.106. The SMILES string of the molecule is C#CCOc1ccc(CCNC(=O)[C@@H](OCC#C)c2ccc(C(F)(F)F)cc2)cc1OC. The molecule has 8 heteroatoms. The Morgan fingerprint density at radius 1 is 1.06 bits per heavy atom. The molecule has 0 aliphatic heterocycles. The number of terminal acetylenes is 2. The minimum atomic E-state index is -4.47. The van der Waals surface area contributed by atoms with Crippen LogP contribution in [0.5, 0.6) is 11.5 Å². The molecule has 2 aromatic rings. The monoisotopic (exact) mass is 445 g/mol. The van der Waals surface area contributed by atoms with Gasteiger partial charge in [0.05, 0.1) is 12.7 Å². The lowest BCUT2D eigenvalue weighted by Crippen LogP contribution is -2.32. The first-order chi connectivity index (χ1) is 15.3. The van der Waals surface area contributed by atoms with Crippen LogP contribution in [0, 0.1) is 24.7 Å². The highest BCUT2D eigenvalue weighted by molar-refractivity contribution is 5.82. The number of methoxy groups -OCH3 is 1. The van der Waals surface area contributed by atoms with E-state index in [1.807, 2.05) is 6.07 Å². The third-order valence-electron chi connectivity index (χ3n) is 4.36. The maximum Gasteiger partial charge on any atom is 0.416 e. The van der Waals surface area contributed by atoms with E-state index in [1.165, 1.54) is 19.2 Å². The van der Waals surface area contributed by atoms with Crippen molar-refractivity contribution in [2.75, 3.05) is 26.9 Å². The van der Waals surface area contributed by atoms with Gasteiger partial charge in [0, 0.05) is 6.54 Å². The first kappa shape index (κ1) is 24.6. The Bertz CT molecular complexity index is 988. The number of alkyl halides is 3. The number of ether oxygens (including phenoxy) is 3. The van der Waals surface area contributed by atoms with E-state index in [-0.39, 0.29) is 25.3 Å². The van der Waals surface area contributed by atoms with Crippen molar-refractivity contribution in [1.29, 1.82) is 0 Å². The molecule has 2 rings (SSSR count). The van der Waals surface area contributed by atoms with Gasteiger partial charge in [-0.2, -0.15) is 13.2 Å². The summed E-state index contributed by atoms with van der Waals surface area (Å²) in [5, 5.41) is 2.72. The Morgan fingerprint density at radius 3 is 2.34 bits per heavy atom. The van der Waals surface area contributed by atoms with E-state index in [0.29, 0.717) is 17.9 Å². The molecule has 0 radical (unpaired) electrons. The van der Waals surface area contributed by atoms with Crippen LogP contribution < -0.4 is 14.8 Å². The maximum absolute atomic E-state index is 12.8. The molecule has 32 heavy (non-hydrogen) atoms. The van der Waals surface area contributed by atoms with Crippen LogP contribution in [0.15, 0.2) is 42.5 Å². The highest BCUT2D eigenvalue weighted by Crippen LogP contribution is 2.31. The number of rotatable bonds is 10. The van der Waals surface area contributed by atoms with Crippen molar-refractivity contribution in [1.82, 2.24) is 5.32 Å². The lowest BCUT2D eigenvalue weighted by Gasteiger charge is -2.18. The molecule has 0 bridgehead atoms. The molecule has 168 valence electrons. The molecule has 0 unspecified atom stereocenters. The van der Waals surface area contributed by atoms with E-state index in [2.05, 4.69) is 17.2 Å². The van der Waals surface area contributed by atoms with Crippen LogP contribution in [0.3, 0.4) is 0 Å². The zero-order chi connectivity index (χ0) is 23.6. The Balaban J connectivity index is 2.03. The van der Waals surface area contributed by atoms with Crippen molar-refractivity contribution in [2.24, 2.45) is 0 Å². The van der Waals surface area contributed by atoms with Crippen LogP contribution in [0.4, 0.5) is 13.2 Å². The highest BCUT2D eigenvalue weighted by atomic mass is 19.4. The lowest BCUT2D eigenvalue weighted by molar-refractivity contribution is -0.137.